The zero-order chi connectivity index (χ0) is 23.3. The summed E-state index contributed by atoms with van der Waals surface area (Å²) >= 11 is 0. The minimum absolute atomic E-state index is 0.125. The van der Waals surface area contributed by atoms with Crippen LogP contribution in [0.4, 0.5) is 0 Å². The molecule has 0 saturated carbocycles. The normalized spacial score (nSPS) is 10.6. The summed E-state index contributed by atoms with van der Waals surface area (Å²) in [6.45, 7) is 4.30. The van der Waals surface area contributed by atoms with Gasteiger partial charge in [-0.05, 0) is 55.3 Å². The molecule has 8 nitrogen and oxygen atoms in total. The number of ether oxygens (including phenoxy) is 4. The van der Waals surface area contributed by atoms with Crippen LogP contribution in [0.25, 0.3) is 0 Å². The molecule has 32 heavy (non-hydrogen) atoms. The summed E-state index contributed by atoms with van der Waals surface area (Å²) in [4.78, 5) is 24.4. The summed E-state index contributed by atoms with van der Waals surface area (Å²) in [5.41, 5.74) is 3.51. The van der Waals surface area contributed by atoms with E-state index in [4.69, 9.17) is 18.9 Å². The number of unbranched alkanes of at least 4 members (excludes halogenated alkanes) is 2. The number of hydrazone groups is 1. The van der Waals surface area contributed by atoms with Gasteiger partial charge in [-0.2, -0.15) is 5.10 Å². The van der Waals surface area contributed by atoms with E-state index in [0.717, 1.165) is 19.3 Å². The number of nitrogens with one attached hydrogen (secondary N) is 1. The molecule has 0 aliphatic rings. The number of benzene rings is 2. The molecular formula is C24H30N2O6. The van der Waals surface area contributed by atoms with Crippen molar-refractivity contribution in [3.8, 4) is 23.0 Å². The summed E-state index contributed by atoms with van der Waals surface area (Å²) in [7, 11) is 3.01. The van der Waals surface area contributed by atoms with Gasteiger partial charge in [0.2, 0.25) is 5.91 Å². The lowest BCUT2D eigenvalue weighted by molar-refractivity contribution is -0.121. The van der Waals surface area contributed by atoms with Crippen LogP contribution in [0, 0.1) is 0 Å². The predicted octanol–water partition coefficient (Wildman–Crippen LogP) is 4.35. The molecule has 172 valence electrons. The van der Waals surface area contributed by atoms with Gasteiger partial charge < -0.3 is 18.9 Å². The molecule has 2 rings (SSSR count). The summed E-state index contributed by atoms with van der Waals surface area (Å²) in [5.74, 6) is 0.912. The largest absolute Gasteiger partial charge is 0.493 e. The van der Waals surface area contributed by atoms with Gasteiger partial charge in [-0.3, -0.25) is 4.79 Å². The fraction of sp³-hybridized carbons (Fsp3) is 0.375. The molecule has 0 bridgehead atoms. The molecule has 0 atom stereocenters. The van der Waals surface area contributed by atoms with Crippen molar-refractivity contribution in [1.29, 1.82) is 0 Å². The molecule has 0 saturated heterocycles. The molecule has 0 heterocycles. The monoisotopic (exact) mass is 442 g/mol. The molecule has 0 unspecified atom stereocenters. The summed E-state index contributed by atoms with van der Waals surface area (Å²) in [5, 5.41) is 3.98. The van der Waals surface area contributed by atoms with E-state index in [9.17, 15) is 9.59 Å². The predicted molar refractivity (Wildman–Crippen MR) is 122 cm³/mol. The van der Waals surface area contributed by atoms with Gasteiger partial charge in [-0.1, -0.05) is 19.8 Å². The number of carbonyl (C=O) groups excluding carboxylic acids is 2. The highest BCUT2D eigenvalue weighted by atomic mass is 16.6. The van der Waals surface area contributed by atoms with Crippen LogP contribution in [0.1, 0.15) is 55.5 Å². The van der Waals surface area contributed by atoms with Crippen molar-refractivity contribution in [3.05, 3.63) is 47.5 Å². The van der Waals surface area contributed by atoms with Crippen molar-refractivity contribution in [2.45, 2.75) is 39.5 Å². The Bertz CT molecular complexity index is 942. The van der Waals surface area contributed by atoms with E-state index in [2.05, 4.69) is 17.5 Å². The first kappa shape index (κ1) is 24.7. The fourth-order valence-electron chi connectivity index (χ4n) is 2.85. The summed E-state index contributed by atoms with van der Waals surface area (Å²) < 4.78 is 21.6. The van der Waals surface area contributed by atoms with Gasteiger partial charge in [-0.25, -0.2) is 10.2 Å². The second kappa shape index (κ2) is 13.0. The second-order valence-corrected chi connectivity index (χ2v) is 6.85. The van der Waals surface area contributed by atoms with E-state index < -0.39 is 5.97 Å². The highest BCUT2D eigenvalue weighted by Crippen LogP contribution is 2.31. The molecule has 8 heteroatoms. The Morgan fingerprint density at radius 1 is 0.938 bits per heavy atom. The SMILES string of the molecule is CCCCCC(=O)NN=Cc1ccc(OC(=O)c2ccc(OC)c(OC)c2)c(OCC)c1. The van der Waals surface area contributed by atoms with E-state index in [1.54, 1.807) is 36.4 Å². The van der Waals surface area contributed by atoms with Crippen molar-refractivity contribution in [2.75, 3.05) is 20.8 Å². The maximum absolute atomic E-state index is 12.6. The Morgan fingerprint density at radius 2 is 1.69 bits per heavy atom. The van der Waals surface area contributed by atoms with Crippen LogP contribution in [-0.4, -0.2) is 38.9 Å². The van der Waals surface area contributed by atoms with Crippen LogP contribution < -0.4 is 24.4 Å². The number of methoxy groups -OCH3 is 2. The first-order valence-electron chi connectivity index (χ1n) is 10.5. The van der Waals surface area contributed by atoms with E-state index in [1.807, 2.05) is 6.92 Å². The van der Waals surface area contributed by atoms with E-state index in [0.29, 0.717) is 41.4 Å². The van der Waals surface area contributed by atoms with Crippen molar-refractivity contribution in [1.82, 2.24) is 5.43 Å². The van der Waals surface area contributed by atoms with Crippen molar-refractivity contribution >= 4 is 18.1 Å². The average molecular weight is 443 g/mol. The van der Waals surface area contributed by atoms with Gasteiger partial charge in [0.15, 0.2) is 23.0 Å². The molecule has 0 fully saturated rings. The molecule has 2 aromatic rings. The molecule has 0 aliphatic carbocycles. The average Bonchev–Trinajstić information content (AvgIpc) is 2.80. The van der Waals surface area contributed by atoms with Crippen LogP contribution in [0.2, 0.25) is 0 Å². The lowest BCUT2D eigenvalue weighted by Crippen LogP contribution is -2.16. The number of hydrogen-bond donors (Lipinski definition) is 1. The first-order valence-corrected chi connectivity index (χ1v) is 10.5. The smallest absolute Gasteiger partial charge is 0.343 e. The Morgan fingerprint density at radius 3 is 2.38 bits per heavy atom. The summed E-state index contributed by atoms with van der Waals surface area (Å²) in [6.07, 6.45) is 4.87. The highest BCUT2D eigenvalue weighted by molar-refractivity contribution is 5.92. The third-order valence-electron chi connectivity index (χ3n) is 4.50. The Hall–Kier alpha value is -3.55. The number of carbonyl (C=O) groups is 2. The lowest BCUT2D eigenvalue weighted by Gasteiger charge is -2.12. The Kier molecular flexibility index (Phi) is 10.0. The standard InChI is InChI=1S/C24H30N2O6/c1-5-7-8-9-23(27)26-25-16-17-10-12-20(22(14-17)31-6-2)32-24(28)18-11-13-19(29-3)21(15-18)30-4/h10-16H,5-9H2,1-4H3,(H,26,27). The highest BCUT2D eigenvalue weighted by Gasteiger charge is 2.16. The van der Waals surface area contributed by atoms with Gasteiger partial charge in [0.05, 0.1) is 32.6 Å². The third kappa shape index (κ3) is 7.30. The molecule has 0 spiro atoms. The van der Waals surface area contributed by atoms with Crippen LogP contribution in [0.15, 0.2) is 41.5 Å². The van der Waals surface area contributed by atoms with Crippen LogP contribution in [-0.2, 0) is 4.79 Å². The van der Waals surface area contributed by atoms with Crippen LogP contribution in [0.3, 0.4) is 0 Å². The number of hydrogen-bond acceptors (Lipinski definition) is 7. The summed E-state index contributed by atoms with van der Waals surface area (Å²) in [6, 6.07) is 9.79. The molecule has 1 amide bonds. The van der Waals surface area contributed by atoms with Crippen molar-refractivity contribution in [2.24, 2.45) is 5.10 Å². The van der Waals surface area contributed by atoms with Gasteiger partial charge in [0, 0.05) is 6.42 Å². The Balaban J connectivity index is 2.09. The maximum Gasteiger partial charge on any atom is 0.343 e. The maximum atomic E-state index is 12.6. The number of rotatable bonds is 12. The second-order valence-electron chi connectivity index (χ2n) is 6.85. The Labute approximate surface area is 188 Å². The molecule has 0 aromatic heterocycles. The molecule has 0 aliphatic heterocycles. The van der Waals surface area contributed by atoms with Crippen LogP contribution >= 0.6 is 0 Å². The van der Waals surface area contributed by atoms with Gasteiger partial charge in [0.25, 0.3) is 0 Å². The quantitative estimate of drug-likeness (QED) is 0.173. The fourth-order valence-corrected chi connectivity index (χ4v) is 2.85. The number of esters is 1. The zero-order valence-corrected chi connectivity index (χ0v) is 19.0. The minimum atomic E-state index is -0.562. The van der Waals surface area contributed by atoms with Gasteiger partial charge in [0.1, 0.15) is 0 Å². The van der Waals surface area contributed by atoms with Gasteiger partial charge >= 0.3 is 5.97 Å². The van der Waals surface area contributed by atoms with Crippen molar-refractivity contribution in [3.63, 3.8) is 0 Å². The molecule has 1 N–H and O–H groups in total. The lowest BCUT2D eigenvalue weighted by atomic mass is 10.2. The third-order valence-corrected chi connectivity index (χ3v) is 4.50. The van der Waals surface area contributed by atoms with Crippen LogP contribution in [0.5, 0.6) is 23.0 Å². The van der Waals surface area contributed by atoms with Crippen molar-refractivity contribution < 1.29 is 28.5 Å². The number of nitrogens with zero attached hydrogens (tertiary/aromatic N) is 1. The van der Waals surface area contributed by atoms with E-state index in [1.165, 1.54) is 20.4 Å². The topological polar surface area (TPSA) is 95.5 Å². The zero-order valence-electron chi connectivity index (χ0n) is 19.0. The first-order chi connectivity index (χ1) is 15.5. The molecule has 0 radical (unpaired) electrons. The van der Waals surface area contributed by atoms with E-state index in [-0.39, 0.29) is 11.7 Å². The molecule has 2 aromatic carbocycles. The van der Waals surface area contributed by atoms with E-state index >= 15 is 0 Å². The minimum Gasteiger partial charge on any atom is -0.493 e. The van der Waals surface area contributed by atoms with Gasteiger partial charge in [-0.15, -0.1) is 0 Å². The molecular weight excluding hydrogens is 412 g/mol. The number of amides is 1.